The fourth-order valence-electron chi connectivity index (χ4n) is 1.80. The molecule has 0 fully saturated rings. The predicted molar refractivity (Wildman–Crippen MR) is 66.7 cm³/mol. The highest BCUT2D eigenvalue weighted by Gasteiger charge is 2.31. The lowest BCUT2D eigenvalue weighted by Gasteiger charge is -2.12. The Hall–Kier alpha value is -1.54. The largest absolute Gasteiger partial charge is 0.573 e. The van der Waals surface area contributed by atoms with Gasteiger partial charge in [0.25, 0.3) is 0 Å². The first-order valence-electron chi connectivity index (χ1n) is 5.72. The van der Waals surface area contributed by atoms with Crippen LogP contribution in [-0.4, -0.2) is 26.6 Å². The molecule has 1 aliphatic heterocycles. The minimum Gasteiger partial charge on any atom is -0.406 e. The Balaban J connectivity index is 1.94. The highest BCUT2D eigenvalue weighted by Crippen LogP contribution is 2.23. The van der Waals surface area contributed by atoms with E-state index >= 15 is 0 Å². The van der Waals surface area contributed by atoms with Crippen molar-refractivity contribution >= 4 is 9.84 Å². The van der Waals surface area contributed by atoms with Crippen LogP contribution in [0.3, 0.4) is 0 Å². The van der Waals surface area contributed by atoms with Gasteiger partial charge in [0.2, 0.25) is 0 Å². The average molecular weight is 307 g/mol. The fraction of sp³-hybridized carbons (Fsp3) is 0.333. The van der Waals surface area contributed by atoms with Gasteiger partial charge in [-0.25, -0.2) is 8.42 Å². The minimum absolute atomic E-state index is 0.0360. The lowest BCUT2D eigenvalue weighted by Crippen LogP contribution is -2.29. The van der Waals surface area contributed by atoms with Crippen LogP contribution in [0.2, 0.25) is 0 Å². The van der Waals surface area contributed by atoms with Crippen molar-refractivity contribution in [3.63, 3.8) is 0 Å². The first-order valence-corrected chi connectivity index (χ1v) is 7.44. The van der Waals surface area contributed by atoms with Crippen LogP contribution in [0.1, 0.15) is 5.56 Å². The van der Waals surface area contributed by atoms with Crippen LogP contribution >= 0.6 is 0 Å². The molecule has 1 atom stereocenters. The zero-order valence-corrected chi connectivity index (χ0v) is 11.0. The molecule has 8 heteroatoms. The Kier molecular flexibility index (Phi) is 4.05. The lowest BCUT2D eigenvalue weighted by molar-refractivity contribution is -0.274. The standard InChI is InChI=1S/C12H12F3NO3S/c13-12(14,15)19-11-3-1-2-9(6-11)7-16-10-4-5-20(17,18)8-10/h1-6,10,16H,7-8H2. The van der Waals surface area contributed by atoms with Crippen LogP contribution in [0.5, 0.6) is 5.75 Å². The molecule has 110 valence electrons. The maximum atomic E-state index is 12.1. The Bertz CT molecular complexity index is 611. The molecule has 0 saturated heterocycles. The van der Waals surface area contributed by atoms with Gasteiger partial charge in [-0.15, -0.1) is 13.2 Å². The van der Waals surface area contributed by atoms with Gasteiger partial charge in [0.15, 0.2) is 9.84 Å². The SMILES string of the molecule is O=S1(=O)C=CC(NCc2cccc(OC(F)(F)F)c2)C1. The van der Waals surface area contributed by atoms with Crippen molar-refractivity contribution in [2.45, 2.75) is 18.9 Å². The van der Waals surface area contributed by atoms with Crippen LogP contribution in [0, 0.1) is 0 Å². The molecule has 2 rings (SSSR count). The van der Waals surface area contributed by atoms with Crippen LogP contribution in [0.4, 0.5) is 13.2 Å². The van der Waals surface area contributed by atoms with Gasteiger partial charge in [-0.05, 0) is 17.7 Å². The molecule has 0 amide bonds. The Morgan fingerprint density at radius 3 is 2.70 bits per heavy atom. The smallest absolute Gasteiger partial charge is 0.406 e. The summed E-state index contributed by atoms with van der Waals surface area (Å²) in [5.74, 6) is -0.336. The van der Waals surface area contributed by atoms with E-state index in [1.54, 1.807) is 6.07 Å². The van der Waals surface area contributed by atoms with Gasteiger partial charge >= 0.3 is 6.36 Å². The number of sulfone groups is 1. The third kappa shape index (κ3) is 4.53. The van der Waals surface area contributed by atoms with Crippen LogP contribution in [-0.2, 0) is 16.4 Å². The van der Waals surface area contributed by atoms with Crippen molar-refractivity contribution < 1.29 is 26.3 Å². The topological polar surface area (TPSA) is 55.4 Å². The van der Waals surface area contributed by atoms with Crippen molar-refractivity contribution in [3.05, 3.63) is 41.3 Å². The maximum Gasteiger partial charge on any atom is 0.573 e. The van der Waals surface area contributed by atoms with Crippen molar-refractivity contribution in [2.75, 3.05) is 5.75 Å². The van der Waals surface area contributed by atoms with E-state index < -0.39 is 16.2 Å². The van der Waals surface area contributed by atoms with E-state index in [9.17, 15) is 21.6 Å². The first kappa shape index (κ1) is 14.9. The Labute approximate surface area is 114 Å². The third-order valence-corrected chi connectivity index (χ3v) is 4.03. The summed E-state index contributed by atoms with van der Waals surface area (Å²) in [4.78, 5) is 0. The van der Waals surface area contributed by atoms with Crippen molar-refractivity contribution in [2.24, 2.45) is 0 Å². The fourth-order valence-corrected chi connectivity index (χ4v) is 3.07. The molecule has 1 aliphatic rings. The van der Waals surface area contributed by atoms with E-state index in [0.717, 1.165) is 5.41 Å². The Morgan fingerprint density at radius 1 is 1.35 bits per heavy atom. The molecule has 4 nitrogen and oxygen atoms in total. The number of nitrogens with one attached hydrogen (secondary N) is 1. The summed E-state index contributed by atoms with van der Waals surface area (Å²) in [5.41, 5.74) is 0.574. The zero-order chi connectivity index (χ0) is 14.8. The van der Waals surface area contributed by atoms with Crippen LogP contribution in [0.15, 0.2) is 35.7 Å². The molecule has 1 unspecified atom stereocenters. The number of rotatable bonds is 4. The summed E-state index contributed by atoms with van der Waals surface area (Å²) in [7, 11) is -3.15. The summed E-state index contributed by atoms with van der Waals surface area (Å²) >= 11 is 0. The van der Waals surface area contributed by atoms with Gasteiger partial charge in [-0.1, -0.05) is 18.2 Å². The molecule has 1 heterocycles. The van der Waals surface area contributed by atoms with Gasteiger partial charge in [0.05, 0.1) is 5.75 Å². The van der Waals surface area contributed by atoms with Gasteiger partial charge in [-0.2, -0.15) is 0 Å². The van der Waals surface area contributed by atoms with Crippen molar-refractivity contribution in [3.8, 4) is 5.75 Å². The molecular weight excluding hydrogens is 295 g/mol. The Morgan fingerprint density at radius 2 is 2.10 bits per heavy atom. The number of alkyl halides is 3. The molecule has 0 aliphatic carbocycles. The van der Waals surface area contributed by atoms with Gasteiger partial charge in [0.1, 0.15) is 5.75 Å². The van der Waals surface area contributed by atoms with E-state index in [-0.39, 0.29) is 24.1 Å². The third-order valence-electron chi connectivity index (χ3n) is 2.63. The number of ether oxygens (including phenoxy) is 1. The zero-order valence-electron chi connectivity index (χ0n) is 10.2. The number of hydrogen-bond acceptors (Lipinski definition) is 4. The molecule has 0 spiro atoms. The molecule has 0 aromatic heterocycles. The van der Waals surface area contributed by atoms with E-state index in [4.69, 9.17) is 0 Å². The summed E-state index contributed by atoms with van der Waals surface area (Å²) in [6, 6.07) is 5.21. The van der Waals surface area contributed by atoms with Crippen LogP contribution < -0.4 is 10.1 Å². The number of halogens is 3. The maximum absolute atomic E-state index is 12.1. The molecular formula is C12H12F3NO3S. The number of hydrogen-bond donors (Lipinski definition) is 1. The van der Waals surface area contributed by atoms with Crippen LogP contribution in [0.25, 0.3) is 0 Å². The monoisotopic (exact) mass is 307 g/mol. The minimum atomic E-state index is -4.73. The molecule has 1 aromatic rings. The second-order valence-corrected chi connectivity index (χ2v) is 6.27. The lowest BCUT2D eigenvalue weighted by atomic mass is 10.2. The highest BCUT2D eigenvalue weighted by atomic mass is 32.2. The summed E-state index contributed by atoms with van der Waals surface area (Å²) in [6.45, 7) is 0.250. The molecule has 0 radical (unpaired) electrons. The van der Waals surface area contributed by atoms with Crippen molar-refractivity contribution in [1.82, 2.24) is 5.32 Å². The van der Waals surface area contributed by atoms with E-state index in [1.807, 2.05) is 0 Å². The van der Waals surface area contributed by atoms with E-state index in [2.05, 4.69) is 10.1 Å². The van der Waals surface area contributed by atoms with Gasteiger partial charge in [0, 0.05) is 18.0 Å². The summed E-state index contributed by atoms with van der Waals surface area (Å²) < 4.78 is 62.4. The van der Waals surface area contributed by atoms with E-state index in [0.29, 0.717) is 5.56 Å². The van der Waals surface area contributed by atoms with Crippen molar-refractivity contribution in [1.29, 1.82) is 0 Å². The van der Waals surface area contributed by atoms with Gasteiger partial charge < -0.3 is 10.1 Å². The summed E-state index contributed by atoms with van der Waals surface area (Å²) in [5, 5.41) is 4.07. The second kappa shape index (κ2) is 5.45. The van der Waals surface area contributed by atoms with E-state index in [1.165, 1.54) is 24.3 Å². The molecule has 0 saturated carbocycles. The molecule has 20 heavy (non-hydrogen) atoms. The normalized spacial score (nSPS) is 21.1. The highest BCUT2D eigenvalue weighted by molar-refractivity contribution is 7.94. The second-order valence-electron chi connectivity index (χ2n) is 4.34. The quantitative estimate of drug-likeness (QED) is 0.924. The molecule has 1 N–H and O–H groups in total. The number of benzene rings is 1. The summed E-state index contributed by atoms with van der Waals surface area (Å²) in [6.07, 6.45) is -3.21. The average Bonchev–Trinajstić information content (AvgIpc) is 2.65. The predicted octanol–water partition coefficient (Wildman–Crippen LogP) is 1.99. The molecule has 1 aromatic carbocycles. The molecule has 0 bridgehead atoms. The van der Waals surface area contributed by atoms with Gasteiger partial charge in [-0.3, -0.25) is 0 Å². The first-order chi connectivity index (χ1) is 9.23.